The van der Waals surface area contributed by atoms with Gasteiger partial charge < -0.3 is 20.1 Å². The van der Waals surface area contributed by atoms with Crippen LogP contribution in [-0.2, 0) is 16.4 Å². The quantitative estimate of drug-likeness (QED) is 0.692. The fourth-order valence-corrected chi connectivity index (χ4v) is 5.13. The van der Waals surface area contributed by atoms with E-state index in [1.807, 2.05) is 13.0 Å². The summed E-state index contributed by atoms with van der Waals surface area (Å²) < 4.78 is 37.0. The second-order valence-electron chi connectivity index (χ2n) is 6.98. The van der Waals surface area contributed by atoms with Crippen molar-refractivity contribution in [1.82, 2.24) is 0 Å². The molecule has 8 nitrogen and oxygen atoms in total. The summed E-state index contributed by atoms with van der Waals surface area (Å²) in [6.45, 7) is 2.34. The molecule has 0 aromatic heterocycles. The molecule has 162 valence electrons. The van der Waals surface area contributed by atoms with Crippen LogP contribution in [0.15, 0.2) is 36.4 Å². The molecule has 2 N–H and O–H groups in total. The first-order valence-corrected chi connectivity index (χ1v) is 11.4. The summed E-state index contributed by atoms with van der Waals surface area (Å²) in [5.74, 6) is 1.21. The molecule has 0 atom stereocenters. The van der Waals surface area contributed by atoms with Crippen LogP contribution in [0.2, 0.25) is 0 Å². The number of carbonyl (C=O) groups excluding carboxylic acids is 1. The van der Waals surface area contributed by atoms with Gasteiger partial charge in [0.2, 0.25) is 10.0 Å². The van der Waals surface area contributed by atoms with E-state index in [1.54, 1.807) is 37.4 Å². The van der Waals surface area contributed by atoms with E-state index < -0.39 is 16.1 Å². The molecule has 30 heavy (non-hydrogen) atoms. The third-order valence-corrected chi connectivity index (χ3v) is 6.83. The van der Waals surface area contributed by atoms with Crippen LogP contribution in [0.25, 0.3) is 0 Å². The highest BCUT2D eigenvalue weighted by Crippen LogP contribution is 2.32. The normalized spacial score (nSPS) is 13.4. The minimum absolute atomic E-state index is 0.125. The Morgan fingerprint density at radius 3 is 2.37 bits per heavy atom. The Morgan fingerprint density at radius 1 is 1.03 bits per heavy atom. The molecular weight excluding hydrogens is 406 g/mol. The first kappa shape index (κ1) is 21.8. The Morgan fingerprint density at radius 2 is 1.70 bits per heavy atom. The lowest BCUT2D eigenvalue weighted by Crippen LogP contribution is -2.37. The number of benzene rings is 2. The van der Waals surface area contributed by atoms with E-state index >= 15 is 0 Å². The SMILES string of the molecule is CCCS(=O)(=O)N1CCCc2cc(NC(=O)Nc3ccc(OC)c(OC)c3)ccc21. The van der Waals surface area contributed by atoms with Crippen LogP contribution in [0.1, 0.15) is 25.3 Å². The Balaban J connectivity index is 1.73. The van der Waals surface area contributed by atoms with Gasteiger partial charge >= 0.3 is 6.03 Å². The molecule has 9 heteroatoms. The molecule has 1 heterocycles. The maximum Gasteiger partial charge on any atom is 0.323 e. The number of methoxy groups -OCH3 is 2. The number of sulfonamides is 1. The van der Waals surface area contributed by atoms with E-state index in [9.17, 15) is 13.2 Å². The molecule has 1 aliphatic heterocycles. The maximum atomic E-state index is 12.5. The van der Waals surface area contributed by atoms with Crippen LogP contribution in [0, 0.1) is 0 Å². The van der Waals surface area contributed by atoms with Gasteiger partial charge in [-0.05, 0) is 55.2 Å². The van der Waals surface area contributed by atoms with E-state index in [4.69, 9.17) is 9.47 Å². The van der Waals surface area contributed by atoms with Gasteiger partial charge in [0, 0.05) is 24.0 Å². The van der Waals surface area contributed by atoms with Crippen molar-refractivity contribution in [1.29, 1.82) is 0 Å². The van der Waals surface area contributed by atoms with Crippen molar-refractivity contribution < 1.29 is 22.7 Å². The van der Waals surface area contributed by atoms with Gasteiger partial charge in [-0.2, -0.15) is 0 Å². The number of carbonyl (C=O) groups is 1. The molecule has 2 aromatic rings. The molecule has 2 amide bonds. The summed E-state index contributed by atoms with van der Waals surface area (Å²) in [5, 5.41) is 5.55. The third-order valence-electron chi connectivity index (χ3n) is 4.85. The molecule has 0 saturated heterocycles. The summed E-state index contributed by atoms with van der Waals surface area (Å²) in [4.78, 5) is 12.4. The van der Waals surface area contributed by atoms with Crippen molar-refractivity contribution in [3.8, 4) is 11.5 Å². The molecule has 0 spiro atoms. The van der Waals surface area contributed by atoms with Gasteiger partial charge in [0.05, 0.1) is 25.7 Å². The second-order valence-corrected chi connectivity index (χ2v) is 9.00. The molecule has 3 rings (SSSR count). The topological polar surface area (TPSA) is 97.0 Å². The average molecular weight is 434 g/mol. The fourth-order valence-electron chi connectivity index (χ4n) is 3.50. The van der Waals surface area contributed by atoms with Gasteiger partial charge in [-0.15, -0.1) is 0 Å². The lowest BCUT2D eigenvalue weighted by atomic mass is 10.0. The predicted molar refractivity (Wildman–Crippen MR) is 118 cm³/mol. The first-order chi connectivity index (χ1) is 14.4. The summed E-state index contributed by atoms with van der Waals surface area (Å²) >= 11 is 0. The van der Waals surface area contributed by atoms with Crippen LogP contribution in [0.3, 0.4) is 0 Å². The first-order valence-electron chi connectivity index (χ1n) is 9.81. The predicted octanol–water partition coefficient (Wildman–Crippen LogP) is 3.84. The van der Waals surface area contributed by atoms with Crippen molar-refractivity contribution >= 4 is 33.1 Å². The van der Waals surface area contributed by atoms with E-state index in [0.29, 0.717) is 41.5 Å². The van der Waals surface area contributed by atoms with Gasteiger partial charge in [0.15, 0.2) is 11.5 Å². The number of rotatable bonds is 7. The zero-order valence-electron chi connectivity index (χ0n) is 17.4. The largest absolute Gasteiger partial charge is 0.493 e. The molecule has 0 unspecified atom stereocenters. The smallest absolute Gasteiger partial charge is 0.323 e. The number of ether oxygens (including phenoxy) is 2. The van der Waals surface area contributed by atoms with Gasteiger partial charge in [0.25, 0.3) is 0 Å². The number of nitrogens with one attached hydrogen (secondary N) is 2. The highest BCUT2D eigenvalue weighted by molar-refractivity contribution is 7.92. The van der Waals surface area contributed by atoms with Crippen molar-refractivity contribution in [3.05, 3.63) is 42.0 Å². The van der Waals surface area contributed by atoms with Crippen LogP contribution in [-0.4, -0.2) is 41.0 Å². The molecule has 0 saturated carbocycles. The zero-order chi connectivity index (χ0) is 21.7. The van der Waals surface area contributed by atoms with Gasteiger partial charge in [-0.3, -0.25) is 4.31 Å². The average Bonchev–Trinajstić information content (AvgIpc) is 2.72. The lowest BCUT2D eigenvalue weighted by molar-refractivity contribution is 0.262. The van der Waals surface area contributed by atoms with Crippen LogP contribution < -0.4 is 24.4 Å². The Kier molecular flexibility index (Phi) is 6.71. The minimum Gasteiger partial charge on any atom is -0.493 e. The highest BCUT2D eigenvalue weighted by Gasteiger charge is 2.26. The van der Waals surface area contributed by atoms with Crippen molar-refractivity contribution in [2.75, 3.05) is 41.5 Å². The van der Waals surface area contributed by atoms with E-state index in [0.717, 1.165) is 18.4 Å². The van der Waals surface area contributed by atoms with Crippen molar-refractivity contribution in [3.63, 3.8) is 0 Å². The van der Waals surface area contributed by atoms with Gasteiger partial charge in [-0.1, -0.05) is 6.92 Å². The monoisotopic (exact) mass is 433 g/mol. The molecule has 0 fully saturated rings. The molecule has 2 aromatic carbocycles. The Labute approximate surface area is 177 Å². The molecular formula is C21H27N3O5S. The number of aryl methyl sites for hydroxylation is 1. The molecule has 0 bridgehead atoms. The van der Waals surface area contributed by atoms with E-state index in [2.05, 4.69) is 10.6 Å². The number of fused-ring (bicyclic) bond motifs is 1. The van der Waals surface area contributed by atoms with Gasteiger partial charge in [0.1, 0.15) is 0 Å². The van der Waals surface area contributed by atoms with E-state index in [-0.39, 0.29) is 5.75 Å². The van der Waals surface area contributed by atoms with Gasteiger partial charge in [-0.25, -0.2) is 13.2 Å². The summed E-state index contributed by atoms with van der Waals surface area (Å²) in [5.41, 5.74) is 2.76. The maximum absolute atomic E-state index is 12.5. The van der Waals surface area contributed by atoms with Crippen LogP contribution >= 0.6 is 0 Å². The summed E-state index contributed by atoms with van der Waals surface area (Å²) in [7, 11) is -0.254. The van der Waals surface area contributed by atoms with Crippen molar-refractivity contribution in [2.45, 2.75) is 26.2 Å². The minimum atomic E-state index is -3.32. The number of hydrogen-bond donors (Lipinski definition) is 2. The molecule has 0 radical (unpaired) electrons. The fraction of sp³-hybridized carbons (Fsp3) is 0.381. The zero-order valence-corrected chi connectivity index (χ0v) is 18.2. The lowest BCUT2D eigenvalue weighted by Gasteiger charge is -2.30. The third kappa shape index (κ3) is 4.79. The number of nitrogens with zero attached hydrogens (tertiary/aromatic N) is 1. The van der Waals surface area contributed by atoms with Crippen LogP contribution in [0.5, 0.6) is 11.5 Å². The standard InChI is InChI=1S/C21H27N3O5S/c1-4-12-30(26,27)24-11-5-6-15-13-16(7-9-18(15)24)22-21(25)23-17-8-10-19(28-2)20(14-17)29-3/h7-10,13-14H,4-6,11-12H2,1-3H3,(H2,22,23,25). The Bertz CT molecular complexity index is 1020. The summed E-state index contributed by atoms with van der Waals surface area (Å²) in [6, 6.07) is 9.98. The highest BCUT2D eigenvalue weighted by atomic mass is 32.2. The second kappa shape index (κ2) is 9.25. The number of hydrogen-bond acceptors (Lipinski definition) is 5. The molecule has 0 aliphatic carbocycles. The summed E-state index contributed by atoms with van der Waals surface area (Å²) in [6.07, 6.45) is 2.08. The van der Waals surface area contributed by atoms with E-state index in [1.165, 1.54) is 11.4 Å². The number of amides is 2. The van der Waals surface area contributed by atoms with Crippen LogP contribution in [0.4, 0.5) is 21.9 Å². The number of anilines is 3. The number of urea groups is 1. The molecule has 1 aliphatic rings. The Hall–Kier alpha value is -2.94. The van der Waals surface area contributed by atoms with Crippen molar-refractivity contribution in [2.24, 2.45) is 0 Å².